The van der Waals surface area contributed by atoms with E-state index in [0.717, 1.165) is 40.6 Å². The minimum Gasteiger partial charge on any atom is -0.458 e. The van der Waals surface area contributed by atoms with Gasteiger partial charge in [-0.1, -0.05) is 114 Å². The number of para-hydroxylation sites is 1. The van der Waals surface area contributed by atoms with Crippen molar-refractivity contribution in [2.75, 3.05) is 0 Å². The van der Waals surface area contributed by atoms with E-state index in [2.05, 4.69) is 40.7 Å². The first-order chi connectivity index (χ1) is 22.6. The summed E-state index contributed by atoms with van der Waals surface area (Å²) in [6, 6.07) is 19.9. The molecule has 0 bridgehead atoms. The van der Waals surface area contributed by atoms with Crippen LogP contribution in [0.4, 0.5) is 0 Å². The summed E-state index contributed by atoms with van der Waals surface area (Å²) in [4.78, 5) is 19.3. The zero-order chi connectivity index (χ0) is 32.9. The van der Waals surface area contributed by atoms with E-state index >= 15 is 0 Å². The number of fused-ring (bicyclic) bond motifs is 6. The third-order valence-corrected chi connectivity index (χ3v) is 13.6. The summed E-state index contributed by atoms with van der Waals surface area (Å²) in [5, 5.41) is 12.1. The number of esters is 1. The molecule has 0 amide bonds. The number of benzene rings is 2. The predicted molar refractivity (Wildman–Crippen MR) is 191 cm³/mol. The molecule has 3 fully saturated rings. The molecule has 3 aromatic rings. The maximum absolute atomic E-state index is 14.4. The van der Waals surface area contributed by atoms with Crippen molar-refractivity contribution in [2.24, 2.45) is 46.3 Å². The van der Waals surface area contributed by atoms with Gasteiger partial charge in [-0.3, -0.25) is 0 Å². The Labute approximate surface area is 282 Å². The molecule has 0 spiro atoms. The van der Waals surface area contributed by atoms with Crippen molar-refractivity contribution in [1.82, 2.24) is 4.98 Å². The smallest absolute Gasteiger partial charge is 0.340 e. The van der Waals surface area contributed by atoms with Gasteiger partial charge in [-0.25, -0.2) is 9.78 Å². The Morgan fingerprint density at radius 3 is 2.53 bits per heavy atom. The Morgan fingerprint density at radius 1 is 0.979 bits per heavy atom. The van der Waals surface area contributed by atoms with Crippen LogP contribution < -0.4 is 0 Å². The standard InChI is InChI=1S/C43H55NO3/c1-27(2)12-11-13-28(3)35-20-21-36-33-19-18-31-25-32(45)26-39(43(31,5)37(33)22-23-42(35,36)4)47-41(46)34-24-30-16-9-10-17-38(30)44-40(34)29-14-7-6-8-15-29/h6-10,14-18,24,27-28,32-33,35-37,39,45H,11-13,19-23,25-26H2,1-5H3/t28-,32-,33+,35-,36+,37+,39?,42-,43+/m1/s1. The lowest BCUT2D eigenvalue weighted by Gasteiger charge is -2.60. The second kappa shape index (κ2) is 12.8. The molecule has 4 nitrogen and oxygen atoms in total. The van der Waals surface area contributed by atoms with Gasteiger partial charge in [0.1, 0.15) is 6.10 Å². The molecule has 47 heavy (non-hydrogen) atoms. The Morgan fingerprint density at radius 2 is 1.74 bits per heavy atom. The summed E-state index contributed by atoms with van der Waals surface area (Å²) < 4.78 is 6.66. The Kier molecular flexibility index (Phi) is 8.87. The van der Waals surface area contributed by atoms with Gasteiger partial charge in [-0.15, -0.1) is 0 Å². The van der Waals surface area contributed by atoms with E-state index in [1.165, 1.54) is 50.5 Å². The van der Waals surface area contributed by atoms with Crippen molar-refractivity contribution in [2.45, 2.75) is 111 Å². The van der Waals surface area contributed by atoms with Crippen molar-refractivity contribution in [1.29, 1.82) is 0 Å². The molecular formula is C43H55NO3. The van der Waals surface area contributed by atoms with E-state index in [1.807, 2.05) is 60.7 Å². The lowest BCUT2D eigenvalue weighted by molar-refractivity contribution is -0.113. The number of carbonyl (C=O) groups excluding carboxylic acids is 1. The van der Waals surface area contributed by atoms with Crippen LogP contribution in [0.1, 0.15) is 109 Å². The molecule has 1 N–H and O–H groups in total. The second-order valence-corrected chi connectivity index (χ2v) is 16.6. The molecule has 9 atom stereocenters. The number of aliphatic hydroxyl groups is 1. The van der Waals surface area contributed by atoms with Crippen molar-refractivity contribution < 1.29 is 14.6 Å². The maximum Gasteiger partial charge on any atom is 0.340 e. The number of rotatable bonds is 8. The molecular weight excluding hydrogens is 578 g/mol. The number of nitrogens with zero attached hydrogens (tertiary/aromatic N) is 1. The second-order valence-electron chi connectivity index (χ2n) is 16.6. The highest BCUT2D eigenvalue weighted by atomic mass is 16.5. The van der Waals surface area contributed by atoms with E-state index in [1.54, 1.807) is 0 Å². The highest BCUT2D eigenvalue weighted by Crippen LogP contribution is 2.67. The number of hydrogen-bond donors (Lipinski definition) is 1. The minimum absolute atomic E-state index is 0.267. The Bertz CT molecular complexity index is 1630. The third kappa shape index (κ3) is 5.77. The van der Waals surface area contributed by atoms with Gasteiger partial charge in [0.2, 0.25) is 0 Å². The van der Waals surface area contributed by atoms with Gasteiger partial charge in [0.05, 0.1) is 22.9 Å². The number of carbonyl (C=O) groups is 1. The van der Waals surface area contributed by atoms with Crippen LogP contribution in [0.2, 0.25) is 0 Å². The molecule has 3 saturated carbocycles. The van der Waals surface area contributed by atoms with Crippen molar-refractivity contribution in [3.05, 3.63) is 77.9 Å². The molecule has 2 aromatic carbocycles. The molecule has 1 unspecified atom stereocenters. The van der Waals surface area contributed by atoms with E-state index in [-0.39, 0.29) is 17.5 Å². The molecule has 4 aliphatic carbocycles. The Balaban J connectivity index is 1.17. The van der Waals surface area contributed by atoms with Gasteiger partial charge in [-0.05, 0) is 91.6 Å². The fraction of sp³-hybridized carbons (Fsp3) is 0.581. The van der Waals surface area contributed by atoms with Gasteiger partial charge in [0, 0.05) is 22.8 Å². The first kappa shape index (κ1) is 32.6. The molecule has 0 aliphatic heterocycles. The Hall–Kier alpha value is -2.98. The lowest BCUT2D eigenvalue weighted by Crippen LogP contribution is -2.56. The number of allylic oxidation sites excluding steroid dienone is 1. The SMILES string of the molecule is CC(C)CCC[C@@H](C)[C@H]1CC[C@H]2[C@@H]3CC=C4C[C@@H](O)CC(OC(=O)c5cc6ccccc6nc5-c5ccccc5)[C@]4(C)[C@H]3CC[C@]12C. The topological polar surface area (TPSA) is 59.4 Å². The van der Waals surface area contributed by atoms with Gasteiger partial charge in [0.25, 0.3) is 0 Å². The molecule has 7 rings (SSSR count). The lowest BCUT2D eigenvalue weighted by atomic mass is 9.46. The van der Waals surface area contributed by atoms with Crippen LogP contribution in [0.3, 0.4) is 0 Å². The molecule has 0 saturated heterocycles. The van der Waals surface area contributed by atoms with E-state index < -0.39 is 6.10 Å². The normalized spacial score (nSPS) is 33.9. The van der Waals surface area contributed by atoms with Gasteiger partial charge >= 0.3 is 5.97 Å². The fourth-order valence-corrected chi connectivity index (χ4v) is 11.2. The summed E-state index contributed by atoms with van der Waals surface area (Å²) in [5.41, 5.74) is 4.35. The van der Waals surface area contributed by atoms with Crippen molar-refractivity contribution in [3.8, 4) is 11.3 Å². The number of pyridine rings is 1. The van der Waals surface area contributed by atoms with E-state index in [9.17, 15) is 9.90 Å². The summed E-state index contributed by atoms with van der Waals surface area (Å²) in [7, 11) is 0. The molecule has 250 valence electrons. The third-order valence-electron chi connectivity index (χ3n) is 13.6. The molecule has 1 aromatic heterocycles. The van der Waals surface area contributed by atoms with Crippen molar-refractivity contribution >= 4 is 16.9 Å². The number of aliphatic hydroxyl groups excluding tert-OH is 1. The summed E-state index contributed by atoms with van der Waals surface area (Å²) in [6.07, 6.45) is 13.0. The summed E-state index contributed by atoms with van der Waals surface area (Å²) in [6.45, 7) is 12.2. The summed E-state index contributed by atoms with van der Waals surface area (Å²) in [5.74, 6) is 3.81. The molecule has 0 radical (unpaired) electrons. The van der Waals surface area contributed by atoms with Crippen molar-refractivity contribution in [3.63, 3.8) is 0 Å². The number of aromatic nitrogens is 1. The first-order valence-electron chi connectivity index (χ1n) is 18.6. The number of ether oxygens (including phenoxy) is 1. The quantitative estimate of drug-likeness (QED) is 0.198. The molecule has 4 aliphatic rings. The van der Waals surface area contributed by atoms with E-state index in [4.69, 9.17) is 9.72 Å². The summed E-state index contributed by atoms with van der Waals surface area (Å²) >= 11 is 0. The minimum atomic E-state index is -0.497. The first-order valence-corrected chi connectivity index (χ1v) is 18.6. The fourth-order valence-electron chi connectivity index (χ4n) is 11.2. The van der Waals surface area contributed by atoms with Crippen LogP contribution in [-0.4, -0.2) is 28.3 Å². The predicted octanol–water partition coefficient (Wildman–Crippen LogP) is 10.4. The van der Waals surface area contributed by atoms with Gasteiger partial charge in [0.15, 0.2) is 0 Å². The molecule has 1 heterocycles. The van der Waals surface area contributed by atoms with Crippen LogP contribution in [0, 0.1) is 46.3 Å². The largest absolute Gasteiger partial charge is 0.458 e. The maximum atomic E-state index is 14.4. The zero-order valence-corrected chi connectivity index (χ0v) is 29.3. The van der Waals surface area contributed by atoms with Crippen LogP contribution in [0.5, 0.6) is 0 Å². The van der Waals surface area contributed by atoms with Crippen LogP contribution >= 0.6 is 0 Å². The monoisotopic (exact) mass is 633 g/mol. The zero-order valence-electron chi connectivity index (χ0n) is 29.3. The highest BCUT2D eigenvalue weighted by Gasteiger charge is 2.61. The molecule has 4 heteroatoms. The average Bonchev–Trinajstić information content (AvgIpc) is 3.42. The van der Waals surface area contributed by atoms with Gasteiger partial charge < -0.3 is 9.84 Å². The average molecular weight is 634 g/mol. The van der Waals surface area contributed by atoms with Gasteiger partial charge in [-0.2, -0.15) is 0 Å². The highest BCUT2D eigenvalue weighted by molar-refractivity contribution is 6.00. The number of hydrogen-bond acceptors (Lipinski definition) is 4. The van der Waals surface area contributed by atoms with Crippen LogP contribution in [-0.2, 0) is 4.74 Å². The van der Waals surface area contributed by atoms with Crippen LogP contribution in [0.25, 0.3) is 22.2 Å². The van der Waals surface area contributed by atoms with Crippen LogP contribution in [0.15, 0.2) is 72.3 Å². The van der Waals surface area contributed by atoms with E-state index in [0.29, 0.717) is 47.3 Å².